The van der Waals surface area contributed by atoms with Gasteiger partial charge in [0.05, 0.1) is 25.5 Å². The normalized spacial score (nSPS) is 19.5. The first-order valence-electron chi connectivity index (χ1n) is 10.7. The van der Waals surface area contributed by atoms with Crippen molar-refractivity contribution in [1.29, 1.82) is 0 Å². The number of nitrogens with one attached hydrogen (secondary N) is 1. The molecule has 2 aromatic carbocycles. The molecule has 2 heterocycles. The number of amides is 3. The van der Waals surface area contributed by atoms with Crippen LogP contribution in [0.5, 0.6) is 11.5 Å². The zero-order valence-electron chi connectivity index (χ0n) is 18.7. The second-order valence-electron chi connectivity index (χ2n) is 8.00. The summed E-state index contributed by atoms with van der Waals surface area (Å²) in [6.07, 6.45) is 1.06. The topological polar surface area (TPSA) is 88.2 Å². The second kappa shape index (κ2) is 8.18. The molecule has 3 amide bonds. The van der Waals surface area contributed by atoms with Crippen molar-refractivity contribution < 1.29 is 23.9 Å². The highest BCUT2D eigenvalue weighted by molar-refractivity contribution is 6.18. The number of carbonyl (C=O) groups is 3. The fraction of sp³-hybridized carbons (Fsp3) is 0.375. The van der Waals surface area contributed by atoms with E-state index in [-0.39, 0.29) is 24.7 Å². The molecule has 2 aliphatic rings. The van der Waals surface area contributed by atoms with Gasteiger partial charge in [0, 0.05) is 31.1 Å². The highest BCUT2D eigenvalue weighted by atomic mass is 16.5. The molecule has 4 rings (SSSR count). The van der Waals surface area contributed by atoms with E-state index in [1.165, 1.54) is 12.0 Å². The molecular formula is C24H27N3O5. The fourth-order valence-electron chi connectivity index (χ4n) is 4.65. The summed E-state index contributed by atoms with van der Waals surface area (Å²) in [4.78, 5) is 43.4. The van der Waals surface area contributed by atoms with Crippen LogP contribution in [0.4, 0.5) is 11.4 Å². The third-order valence-electron chi connectivity index (χ3n) is 6.16. The summed E-state index contributed by atoms with van der Waals surface area (Å²) in [5.41, 5.74) is 0.795. The van der Waals surface area contributed by atoms with E-state index in [9.17, 15) is 14.4 Å². The molecular weight excluding hydrogens is 410 g/mol. The lowest BCUT2D eigenvalue weighted by Gasteiger charge is -2.49. The Kier molecular flexibility index (Phi) is 5.54. The van der Waals surface area contributed by atoms with E-state index in [4.69, 9.17) is 9.47 Å². The van der Waals surface area contributed by atoms with Gasteiger partial charge in [-0.15, -0.1) is 0 Å². The monoisotopic (exact) mass is 437 g/mol. The molecule has 0 bridgehead atoms. The summed E-state index contributed by atoms with van der Waals surface area (Å²) in [5.74, 6) is 0.182. The number of ether oxygens (including phenoxy) is 2. The smallest absolute Gasteiger partial charge is 0.271 e. The van der Waals surface area contributed by atoms with Crippen LogP contribution in [0, 0.1) is 6.92 Å². The Bertz CT molecular complexity index is 1100. The molecule has 0 radical (unpaired) electrons. The number of nitrogens with zero attached hydrogens (tertiary/aromatic N) is 2. The van der Waals surface area contributed by atoms with Gasteiger partial charge in [0.1, 0.15) is 0 Å². The van der Waals surface area contributed by atoms with Gasteiger partial charge in [0.25, 0.3) is 11.8 Å². The molecule has 0 aromatic heterocycles. The summed E-state index contributed by atoms with van der Waals surface area (Å²) < 4.78 is 10.7. The number of fused-ring (bicyclic) bond motifs is 3. The molecule has 0 spiro atoms. The molecule has 1 saturated heterocycles. The summed E-state index contributed by atoms with van der Waals surface area (Å²) >= 11 is 0. The van der Waals surface area contributed by atoms with Gasteiger partial charge in [-0.1, -0.05) is 19.1 Å². The van der Waals surface area contributed by atoms with Crippen molar-refractivity contribution in [3.05, 3.63) is 47.5 Å². The molecule has 1 N–H and O–H groups in total. The quantitative estimate of drug-likeness (QED) is 0.749. The Labute approximate surface area is 187 Å². The summed E-state index contributed by atoms with van der Waals surface area (Å²) in [7, 11) is 3.07. The van der Waals surface area contributed by atoms with Crippen LogP contribution in [0.2, 0.25) is 0 Å². The minimum absolute atomic E-state index is 0.176. The Morgan fingerprint density at radius 2 is 1.81 bits per heavy atom. The average molecular weight is 437 g/mol. The lowest BCUT2D eigenvalue weighted by Crippen LogP contribution is -2.69. The van der Waals surface area contributed by atoms with Crippen LogP contribution in [0.15, 0.2) is 36.4 Å². The van der Waals surface area contributed by atoms with Crippen LogP contribution in [-0.4, -0.2) is 49.0 Å². The Balaban J connectivity index is 1.82. The van der Waals surface area contributed by atoms with Crippen molar-refractivity contribution in [3.8, 4) is 11.5 Å². The first-order chi connectivity index (χ1) is 15.4. The van der Waals surface area contributed by atoms with Gasteiger partial charge in [-0.25, -0.2) is 0 Å². The lowest BCUT2D eigenvalue weighted by atomic mass is 9.95. The molecule has 1 atom stereocenters. The first-order valence-corrected chi connectivity index (χ1v) is 10.7. The molecule has 8 heteroatoms. The van der Waals surface area contributed by atoms with Gasteiger partial charge in [0.2, 0.25) is 11.6 Å². The molecule has 2 aliphatic heterocycles. The number of rotatable bonds is 6. The van der Waals surface area contributed by atoms with E-state index in [0.29, 0.717) is 41.4 Å². The lowest BCUT2D eigenvalue weighted by molar-refractivity contribution is -0.128. The molecule has 8 nitrogen and oxygen atoms in total. The van der Waals surface area contributed by atoms with Crippen molar-refractivity contribution in [2.75, 3.05) is 31.0 Å². The Hall–Kier alpha value is -3.55. The van der Waals surface area contributed by atoms with Crippen molar-refractivity contribution in [3.63, 3.8) is 0 Å². The van der Waals surface area contributed by atoms with Gasteiger partial charge in [0.15, 0.2) is 11.5 Å². The number of hydrogen-bond acceptors (Lipinski definition) is 5. The minimum Gasteiger partial charge on any atom is -0.493 e. The molecule has 0 saturated carbocycles. The number of anilines is 2. The first kappa shape index (κ1) is 21.7. The summed E-state index contributed by atoms with van der Waals surface area (Å²) in [5, 5.41) is 2.97. The van der Waals surface area contributed by atoms with Crippen molar-refractivity contribution in [2.45, 2.75) is 38.8 Å². The summed E-state index contributed by atoms with van der Waals surface area (Å²) in [6, 6.07) is 10.4. The standard InChI is InChI=1S/C24H27N3O5/c1-5-12-26-22(29)16-8-6-7-9-18(16)27-21(28)10-11-24(26,27)23(30)25-17-14-20(32-4)19(31-3)13-15(17)2/h6-9,13-14H,5,10-12H2,1-4H3,(H,25,30)/t24-/m1/s1. The second-order valence-corrected chi connectivity index (χ2v) is 8.00. The molecule has 2 aromatic rings. The predicted octanol–water partition coefficient (Wildman–Crippen LogP) is 3.34. The Morgan fingerprint density at radius 1 is 1.12 bits per heavy atom. The highest BCUT2D eigenvalue weighted by Gasteiger charge is 2.60. The molecule has 168 valence electrons. The number of carbonyl (C=O) groups excluding carboxylic acids is 3. The van der Waals surface area contributed by atoms with E-state index in [2.05, 4.69) is 5.32 Å². The number of aryl methyl sites for hydroxylation is 1. The minimum atomic E-state index is -1.42. The number of para-hydroxylation sites is 1. The van der Waals surface area contributed by atoms with Gasteiger partial charge < -0.3 is 19.7 Å². The third-order valence-corrected chi connectivity index (χ3v) is 6.16. The van der Waals surface area contributed by atoms with Crippen LogP contribution in [0.25, 0.3) is 0 Å². The maximum Gasteiger partial charge on any atom is 0.271 e. The SMILES string of the molecule is CCCN1C(=O)c2ccccc2N2C(=O)CC[C@@]12C(=O)Nc1cc(OC)c(OC)cc1C. The van der Waals surface area contributed by atoms with Crippen LogP contribution < -0.4 is 19.7 Å². The van der Waals surface area contributed by atoms with Gasteiger partial charge in [-0.05, 0) is 37.1 Å². The van der Waals surface area contributed by atoms with Crippen LogP contribution in [0.1, 0.15) is 42.1 Å². The summed E-state index contributed by atoms with van der Waals surface area (Å²) in [6.45, 7) is 4.15. The zero-order valence-corrected chi connectivity index (χ0v) is 18.7. The molecule has 32 heavy (non-hydrogen) atoms. The van der Waals surface area contributed by atoms with Crippen molar-refractivity contribution in [2.24, 2.45) is 0 Å². The van der Waals surface area contributed by atoms with Crippen LogP contribution >= 0.6 is 0 Å². The third kappa shape index (κ3) is 3.09. The van der Waals surface area contributed by atoms with E-state index in [1.807, 2.05) is 13.8 Å². The molecule has 0 unspecified atom stereocenters. The zero-order chi connectivity index (χ0) is 23.0. The molecule has 1 fully saturated rings. The maximum atomic E-state index is 13.9. The van der Waals surface area contributed by atoms with Crippen LogP contribution in [-0.2, 0) is 9.59 Å². The van der Waals surface area contributed by atoms with Crippen molar-refractivity contribution >= 4 is 29.1 Å². The fourth-order valence-corrected chi connectivity index (χ4v) is 4.65. The van der Waals surface area contributed by atoms with E-state index < -0.39 is 11.6 Å². The van der Waals surface area contributed by atoms with E-state index in [1.54, 1.807) is 48.4 Å². The largest absolute Gasteiger partial charge is 0.493 e. The predicted molar refractivity (Wildman–Crippen MR) is 120 cm³/mol. The maximum absolute atomic E-state index is 13.9. The molecule has 0 aliphatic carbocycles. The number of methoxy groups -OCH3 is 2. The van der Waals surface area contributed by atoms with Crippen molar-refractivity contribution in [1.82, 2.24) is 4.90 Å². The van der Waals surface area contributed by atoms with E-state index in [0.717, 1.165) is 5.56 Å². The van der Waals surface area contributed by atoms with Gasteiger partial charge >= 0.3 is 0 Å². The van der Waals surface area contributed by atoms with Gasteiger partial charge in [-0.3, -0.25) is 19.3 Å². The van der Waals surface area contributed by atoms with Crippen LogP contribution in [0.3, 0.4) is 0 Å². The Morgan fingerprint density at radius 3 is 2.50 bits per heavy atom. The number of hydrogen-bond donors (Lipinski definition) is 1. The number of benzene rings is 2. The van der Waals surface area contributed by atoms with Gasteiger partial charge in [-0.2, -0.15) is 0 Å². The van der Waals surface area contributed by atoms with E-state index >= 15 is 0 Å². The average Bonchev–Trinajstić information content (AvgIpc) is 3.15. The highest BCUT2D eigenvalue weighted by Crippen LogP contribution is 2.45.